The maximum Gasteiger partial charge on any atom is 0.277 e. The van der Waals surface area contributed by atoms with E-state index in [1.807, 2.05) is 31.2 Å². The van der Waals surface area contributed by atoms with Crippen LogP contribution in [0.25, 0.3) is 0 Å². The SMILES string of the molecule is Cc1ccc(OCC(=O)N/N=C/c2ccc(N3CCOCC3)cc2)c(C(C)C)c1. The minimum Gasteiger partial charge on any atom is -0.483 e. The van der Waals surface area contributed by atoms with Crippen LogP contribution in [0, 0.1) is 6.92 Å². The van der Waals surface area contributed by atoms with Gasteiger partial charge in [-0.15, -0.1) is 0 Å². The molecule has 1 aliphatic heterocycles. The lowest BCUT2D eigenvalue weighted by atomic mass is 10.00. The lowest BCUT2D eigenvalue weighted by molar-refractivity contribution is -0.123. The summed E-state index contributed by atoms with van der Waals surface area (Å²) in [5, 5.41) is 4.03. The number of aryl methyl sites for hydroxylation is 1. The van der Waals surface area contributed by atoms with Gasteiger partial charge in [0.1, 0.15) is 5.75 Å². The third kappa shape index (κ3) is 6.06. The second kappa shape index (κ2) is 10.1. The number of hydrogen-bond acceptors (Lipinski definition) is 5. The van der Waals surface area contributed by atoms with Gasteiger partial charge in [-0.3, -0.25) is 4.79 Å². The Labute approximate surface area is 172 Å². The highest BCUT2D eigenvalue weighted by atomic mass is 16.5. The van der Waals surface area contributed by atoms with Gasteiger partial charge in [-0.05, 0) is 42.2 Å². The van der Waals surface area contributed by atoms with E-state index in [0.717, 1.165) is 43.2 Å². The third-order valence-electron chi connectivity index (χ3n) is 4.82. The molecule has 0 spiro atoms. The quantitative estimate of drug-likeness (QED) is 0.576. The van der Waals surface area contributed by atoms with Crippen LogP contribution in [0.3, 0.4) is 0 Å². The molecule has 6 nitrogen and oxygen atoms in total. The Hall–Kier alpha value is -2.86. The zero-order valence-corrected chi connectivity index (χ0v) is 17.4. The van der Waals surface area contributed by atoms with E-state index in [2.05, 4.69) is 47.5 Å². The fourth-order valence-electron chi connectivity index (χ4n) is 3.20. The van der Waals surface area contributed by atoms with E-state index < -0.39 is 0 Å². The fourth-order valence-corrected chi connectivity index (χ4v) is 3.20. The zero-order valence-electron chi connectivity index (χ0n) is 17.4. The summed E-state index contributed by atoms with van der Waals surface area (Å²) in [5.74, 6) is 0.774. The Morgan fingerprint density at radius 1 is 1.21 bits per heavy atom. The van der Waals surface area contributed by atoms with Crippen LogP contribution in [0.5, 0.6) is 5.75 Å². The Morgan fingerprint density at radius 3 is 2.62 bits per heavy atom. The summed E-state index contributed by atoms with van der Waals surface area (Å²) in [6.07, 6.45) is 1.63. The molecular weight excluding hydrogens is 366 g/mol. The van der Waals surface area contributed by atoms with Crippen LogP contribution in [-0.2, 0) is 9.53 Å². The van der Waals surface area contributed by atoms with Gasteiger partial charge in [-0.1, -0.05) is 43.7 Å². The van der Waals surface area contributed by atoms with Crippen molar-refractivity contribution in [1.82, 2.24) is 5.43 Å². The molecule has 0 aromatic heterocycles. The molecule has 0 atom stereocenters. The molecule has 1 aliphatic rings. The molecular formula is C23H29N3O3. The minimum absolute atomic E-state index is 0.0733. The third-order valence-corrected chi connectivity index (χ3v) is 4.82. The monoisotopic (exact) mass is 395 g/mol. The number of carbonyl (C=O) groups excluding carboxylic acids is 1. The Balaban J connectivity index is 1.48. The average Bonchev–Trinajstić information content (AvgIpc) is 2.74. The van der Waals surface area contributed by atoms with E-state index in [-0.39, 0.29) is 12.5 Å². The Morgan fingerprint density at radius 2 is 1.93 bits per heavy atom. The zero-order chi connectivity index (χ0) is 20.6. The van der Waals surface area contributed by atoms with E-state index in [0.29, 0.717) is 5.92 Å². The maximum absolute atomic E-state index is 12.0. The van der Waals surface area contributed by atoms with Crippen molar-refractivity contribution in [3.05, 3.63) is 59.2 Å². The highest BCUT2D eigenvalue weighted by molar-refractivity contribution is 5.83. The normalized spacial score (nSPS) is 14.4. The predicted octanol–water partition coefficient (Wildman–Crippen LogP) is 3.48. The molecule has 0 unspecified atom stereocenters. The van der Waals surface area contributed by atoms with Crippen molar-refractivity contribution >= 4 is 17.8 Å². The number of anilines is 1. The minimum atomic E-state index is -0.290. The fraction of sp³-hybridized carbons (Fsp3) is 0.391. The van der Waals surface area contributed by atoms with Gasteiger partial charge in [-0.2, -0.15) is 5.10 Å². The van der Waals surface area contributed by atoms with Gasteiger partial charge in [-0.25, -0.2) is 5.43 Å². The first-order valence-electron chi connectivity index (χ1n) is 10.0. The average molecular weight is 396 g/mol. The molecule has 1 saturated heterocycles. The van der Waals surface area contributed by atoms with Crippen molar-refractivity contribution in [2.24, 2.45) is 5.10 Å². The van der Waals surface area contributed by atoms with Crippen LogP contribution in [0.15, 0.2) is 47.6 Å². The van der Waals surface area contributed by atoms with E-state index in [1.165, 1.54) is 11.3 Å². The first-order valence-corrected chi connectivity index (χ1v) is 10.0. The number of rotatable bonds is 7. The smallest absolute Gasteiger partial charge is 0.277 e. The van der Waals surface area contributed by atoms with Crippen LogP contribution in [0.1, 0.15) is 36.5 Å². The van der Waals surface area contributed by atoms with Crippen molar-refractivity contribution in [1.29, 1.82) is 0 Å². The highest BCUT2D eigenvalue weighted by Crippen LogP contribution is 2.27. The van der Waals surface area contributed by atoms with Crippen LogP contribution >= 0.6 is 0 Å². The molecule has 0 bridgehead atoms. The summed E-state index contributed by atoms with van der Waals surface area (Å²) in [6.45, 7) is 9.52. The number of hydrazone groups is 1. The number of amides is 1. The molecule has 154 valence electrons. The van der Waals surface area contributed by atoms with Crippen LogP contribution < -0.4 is 15.1 Å². The molecule has 1 N–H and O–H groups in total. The summed E-state index contributed by atoms with van der Waals surface area (Å²) >= 11 is 0. The number of benzene rings is 2. The summed E-state index contributed by atoms with van der Waals surface area (Å²) in [5.41, 5.74) is 6.88. The second-order valence-corrected chi connectivity index (χ2v) is 7.47. The van der Waals surface area contributed by atoms with Crippen molar-refractivity contribution in [3.8, 4) is 5.75 Å². The first-order chi connectivity index (χ1) is 14.0. The summed E-state index contributed by atoms with van der Waals surface area (Å²) in [7, 11) is 0. The predicted molar refractivity (Wildman–Crippen MR) is 116 cm³/mol. The molecule has 0 aliphatic carbocycles. The molecule has 1 heterocycles. The van der Waals surface area contributed by atoms with Gasteiger partial charge in [0, 0.05) is 18.8 Å². The van der Waals surface area contributed by atoms with Crippen molar-refractivity contribution < 1.29 is 14.3 Å². The van der Waals surface area contributed by atoms with Gasteiger partial charge in [0.2, 0.25) is 0 Å². The molecule has 29 heavy (non-hydrogen) atoms. The number of nitrogens with zero attached hydrogens (tertiary/aromatic N) is 2. The Bertz CT molecular complexity index is 841. The summed E-state index contributed by atoms with van der Waals surface area (Å²) in [6, 6.07) is 14.1. The van der Waals surface area contributed by atoms with E-state index >= 15 is 0 Å². The summed E-state index contributed by atoms with van der Waals surface area (Å²) < 4.78 is 11.1. The molecule has 6 heteroatoms. The number of hydrogen-bond donors (Lipinski definition) is 1. The van der Waals surface area contributed by atoms with Crippen molar-refractivity contribution in [3.63, 3.8) is 0 Å². The topological polar surface area (TPSA) is 63.2 Å². The number of ether oxygens (including phenoxy) is 2. The van der Waals surface area contributed by atoms with Gasteiger partial charge in [0.05, 0.1) is 19.4 Å². The van der Waals surface area contributed by atoms with Crippen LogP contribution in [-0.4, -0.2) is 45.0 Å². The molecule has 2 aromatic rings. The van der Waals surface area contributed by atoms with Gasteiger partial charge < -0.3 is 14.4 Å². The molecule has 2 aromatic carbocycles. The second-order valence-electron chi connectivity index (χ2n) is 7.47. The van der Waals surface area contributed by atoms with E-state index in [1.54, 1.807) is 6.21 Å². The van der Waals surface area contributed by atoms with Gasteiger partial charge in [0.15, 0.2) is 6.61 Å². The maximum atomic E-state index is 12.0. The lowest BCUT2D eigenvalue weighted by Gasteiger charge is -2.28. The van der Waals surface area contributed by atoms with Crippen molar-refractivity contribution in [2.75, 3.05) is 37.8 Å². The van der Waals surface area contributed by atoms with Gasteiger partial charge >= 0.3 is 0 Å². The lowest BCUT2D eigenvalue weighted by Crippen LogP contribution is -2.36. The van der Waals surface area contributed by atoms with Crippen LogP contribution in [0.2, 0.25) is 0 Å². The van der Waals surface area contributed by atoms with E-state index in [4.69, 9.17) is 9.47 Å². The van der Waals surface area contributed by atoms with Crippen LogP contribution in [0.4, 0.5) is 5.69 Å². The first kappa shape index (κ1) is 20.9. The number of nitrogens with one attached hydrogen (secondary N) is 1. The van der Waals surface area contributed by atoms with Gasteiger partial charge in [0.25, 0.3) is 5.91 Å². The molecule has 0 radical (unpaired) electrons. The molecule has 0 saturated carbocycles. The molecule has 1 fully saturated rings. The molecule has 3 rings (SSSR count). The summed E-state index contributed by atoms with van der Waals surface area (Å²) in [4.78, 5) is 14.3. The van der Waals surface area contributed by atoms with E-state index in [9.17, 15) is 4.79 Å². The van der Waals surface area contributed by atoms with Crippen molar-refractivity contribution in [2.45, 2.75) is 26.7 Å². The number of morpholine rings is 1. The Kier molecular flexibility index (Phi) is 7.25. The standard InChI is InChI=1S/C23H29N3O3/c1-17(2)21-14-18(3)4-9-22(21)29-16-23(27)25-24-15-19-5-7-20(8-6-19)26-10-12-28-13-11-26/h4-9,14-15,17H,10-13,16H2,1-3H3,(H,25,27)/b24-15+. The highest BCUT2D eigenvalue weighted by Gasteiger charge is 2.11. The molecule has 1 amide bonds. The number of carbonyl (C=O) groups is 1. The largest absolute Gasteiger partial charge is 0.483 e.